The van der Waals surface area contributed by atoms with Crippen LogP contribution in [0.3, 0.4) is 0 Å². The predicted molar refractivity (Wildman–Crippen MR) is 92.3 cm³/mol. The van der Waals surface area contributed by atoms with Gasteiger partial charge in [-0.2, -0.15) is 0 Å². The molecular formula is C18H12Cl2FNO3. The maximum Gasteiger partial charge on any atom is 0.311 e. The summed E-state index contributed by atoms with van der Waals surface area (Å²) in [7, 11) is 0. The molecule has 1 aromatic heterocycles. The van der Waals surface area contributed by atoms with E-state index >= 15 is 0 Å². The van der Waals surface area contributed by atoms with E-state index in [1.165, 1.54) is 12.3 Å². The average molecular weight is 380 g/mol. The Labute approximate surface area is 153 Å². The zero-order valence-electron chi connectivity index (χ0n) is 12.8. The van der Waals surface area contributed by atoms with Gasteiger partial charge in [0.15, 0.2) is 17.4 Å². The van der Waals surface area contributed by atoms with Crippen molar-refractivity contribution in [2.45, 2.75) is 12.8 Å². The summed E-state index contributed by atoms with van der Waals surface area (Å²) in [6, 6.07) is 11.0. The van der Waals surface area contributed by atoms with Crippen LogP contribution >= 0.6 is 23.2 Å². The number of hydrogen-bond donors (Lipinski definition) is 0. The van der Waals surface area contributed by atoms with Crippen LogP contribution in [0.5, 0.6) is 5.75 Å². The number of hydrogen-bond acceptors (Lipinski definition) is 4. The van der Waals surface area contributed by atoms with E-state index < -0.39 is 11.8 Å². The van der Waals surface area contributed by atoms with Crippen LogP contribution in [-0.2, 0) is 11.2 Å². The second kappa shape index (κ2) is 7.68. The standard InChI is InChI=1S/C18H12Cl2FNO3/c19-12-5-3-6-13(20)18(12)25-17(23)9-8-16-22-10-15(24-16)11-4-1-2-7-14(11)21/h1-7,10H,8-9H2. The molecule has 128 valence electrons. The molecule has 0 N–H and O–H groups in total. The van der Waals surface area contributed by atoms with Gasteiger partial charge in [-0.25, -0.2) is 9.37 Å². The number of benzene rings is 2. The van der Waals surface area contributed by atoms with Crippen molar-refractivity contribution in [3.05, 3.63) is 70.4 Å². The van der Waals surface area contributed by atoms with Crippen LogP contribution in [0.15, 0.2) is 53.1 Å². The molecule has 0 bridgehead atoms. The quantitative estimate of drug-likeness (QED) is 0.444. The van der Waals surface area contributed by atoms with Gasteiger partial charge in [0.05, 0.1) is 28.2 Å². The monoisotopic (exact) mass is 379 g/mol. The molecule has 0 unspecified atom stereocenters. The fourth-order valence-electron chi connectivity index (χ4n) is 2.17. The summed E-state index contributed by atoms with van der Waals surface area (Å²) in [5, 5.41) is 0.498. The number of ether oxygens (including phenoxy) is 1. The lowest BCUT2D eigenvalue weighted by Gasteiger charge is -2.07. The molecule has 0 spiro atoms. The maximum atomic E-state index is 13.7. The summed E-state index contributed by atoms with van der Waals surface area (Å²) in [6.07, 6.45) is 1.64. The van der Waals surface area contributed by atoms with Crippen molar-refractivity contribution >= 4 is 29.2 Å². The molecule has 7 heteroatoms. The second-order valence-corrected chi connectivity index (χ2v) is 5.94. The highest BCUT2D eigenvalue weighted by molar-refractivity contribution is 6.37. The minimum atomic E-state index is -0.527. The molecule has 2 aromatic carbocycles. The number of nitrogens with zero attached hydrogens (tertiary/aromatic N) is 1. The molecule has 3 rings (SSSR count). The van der Waals surface area contributed by atoms with E-state index in [4.69, 9.17) is 32.4 Å². The van der Waals surface area contributed by atoms with E-state index in [9.17, 15) is 9.18 Å². The SMILES string of the molecule is O=C(CCc1ncc(-c2ccccc2F)o1)Oc1c(Cl)cccc1Cl. The predicted octanol–water partition coefficient (Wildman–Crippen LogP) is 5.33. The Morgan fingerprint density at radius 2 is 1.84 bits per heavy atom. The fraction of sp³-hybridized carbons (Fsp3) is 0.111. The minimum absolute atomic E-state index is 0.0127. The topological polar surface area (TPSA) is 52.3 Å². The van der Waals surface area contributed by atoms with Crippen molar-refractivity contribution in [2.75, 3.05) is 0 Å². The summed E-state index contributed by atoms with van der Waals surface area (Å²) in [5.41, 5.74) is 0.312. The first-order valence-electron chi connectivity index (χ1n) is 7.39. The number of esters is 1. The van der Waals surface area contributed by atoms with E-state index in [0.717, 1.165) is 0 Å². The molecule has 0 aliphatic heterocycles. The van der Waals surface area contributed by atoms with E-state index in [2.05, 4.69) is 4.98 Å². The van der Waals surface area contributed by atoms with Crippen LogP contribution in [0.25, 0.3) is 11.3 Å². The number of halogens is 3. The molecule has 0 fully saturated rings. The minimum Gasteiger partial charge on any atom is -0.441 e. The van der Waals surface area contributed by atoms with Crippen molar-refractivity contribution in [1.29, 1.82) is 0 Å². The van der Waals surface area contributed by atoms with E-state index in [1.54, 1.807) is 36.4 Å². The molecule has 0 atom stereocenters. The van der Waals surface area contributed by atoms with Gasteiger partial charge in [-0.05, 0) is 24.3 Å². The maximum absolute atomic E-state index is 13.7. The number of carbonyl (C=O) groups excluding carboxylic acids is 1. The zero-order valence-corrected chi connectivity index (χ0v) is 14.4. The van der Waals surface area contributed by atoms with E-state index in [0.29, 0.717) is 17.2 Å². The molecule has 0 amide bonds. The van der Waals surface area contributed by atoms with Crippen LogP contribution < -0.4 is 4.74 Å². The normalized spacial score (nSPS) is 10.7. The summed E-state index contributed by atoms with van der Waals surface area (Å²) in [6.45, 7) is 0. The molecule has 4 nitrogen and oxygen atoms in total. The highest BCUT2D eigenvalue weighted by atomic mass is 35.5. The van der Waals surface area contributed by atoms with E-state index in [1.807, 2.05) is 0 Å². The number of carbonyl (C=O) groups is 1. The Bertz CT molecular complexity index is 891. The molecule has 25 heavy (non-hydrogen) atoms. The second-order valence-electron chi connectivity index (χ2n) is 5.12. The van der Waals surface area contributed by atoms with Gasteiger partial charge in [0.25, 0.3) is 0 Å². The number of rotatable bonds is 5. The van der Waals surface area contributed by atoms with E-state index in [-0.39, 0.29) is 28.6 Å². The smallest absolute Gasteiger partial charge is 0.311 e. The van der Waals surface area contributed by atoms with Gasteiger partial charge in [-0.1, -0.05) is 41.4 Å². The van der Waals surface area contributed by atoms with Crippen molar-refractivity contribution in [1.82, 2.24) is 4.98 Å². The Balaban J connectivity index is 1.63. The van der Waals surface area contributed by atoms with Gasteiger partial charge < -0.3 is 9.15 Å². The van der Waals surface area contributed by atoms with Crippen molar-refractivity contribution in [2.24, 2.45) is 0 Å². The number of oxazole rings is 1. The third kappa shape index (κ3) is 4.18. The highest BCUT2D eigenvalue weighted by Crippen LogP contribution is 2.32. The first-order chi connectivity index (χ1) is 12.0. The van der Waals surface area contributed by atoms with Gasteiger partial charge in [0, 0.05) is 6.42 Å². The van der Waals surface area contributed by atoms with Gasteiger partial charge in [0.1, 0.15) is 5.82 Å². The van der Waals surface area contributed by atoms with Crippen LogP contribution in [0, 0.1) is 5.82 Å². The van der Waals surface area contributed by atoms with Crippen molar-refractivity contribution in [3.63, 3.8) is 0 Å². The number of aromatic nitrogens is 1. The number of aryl methyl sites for hydroxylation is 1. The first kappa shape index (κ1) is 17.5. The molecule has 0 aliphatic carbocycles. The zero-order chi connectivity index (χ0) is 17.8. The van der Waals surface area contributed by atoms with Crippen LogP contribution in [0.1, 0.15) is 12.3 Å². The fourth-order valence-corrected chi connectivity index (χ4v) is 2.64. The van der Waals surface area contributed by atoms with Crippen LogP contribution in [0.2, 0.25) is 10.0 Å². The number of para-hydroxylation sites is 1. The van der Waals surface area contributed by atoms with Gasteiger partial charge >= 0.3 is 5.97 Å². The molecule has 0 aliphatic rings. The average Bonchev–Trinajstić information content (AvgIpc) is 3.06. The van der Waals surface area contributed by atoms with Gasteiger partial charge in [0.2, 0.25) is 0 Å². The summed E-state index contributed by atoms with van der Waals surface area (Å²) in [4.78, 5) is 16.0. The first-order valence-corrected chi connectivity index (χ1v) is 8.14. The Hall–Kier alpha value is -2.37. The molecule has 1 heterocycles. The Morgan fingerprint density at radius 3 is 2.56 bits per heavy atom. The molecule has 3 aromatic rings. The lowest BCUT2D eigenvalue weighted by Crippen LogP contribution is -2.09. The van der Waals surface area contributed by atoms with Gasteiger partial charge in [-0.15, -0.1) is 0 Å². The largest absolute Gasteiger partial charge is 0.441 e. The van der Waals surface area contributed by atoms with Crippen molar-refractivity contribution in [3.8, 4) is 17.1 Å². The third-order valence-corrected chi connectivity index (χ3v) is 3.97. The summed E-state index contributed by atoms with van der Waals surface area (Å²) >= 11 is 11.9. The van der Waals surface area contributed by atoms with Crippen LogP contribution in [-0.4, -0.2) is 11.0 Å². The lowest BCUT2D eigenvalue weighted by molar-refractivity contribution is -0.134. The van der Waals surface area contributed by atoms with Gasteiger partial charge in [-0.3, -0.25) is 4.79 Å². The Morgan fingerprint density at radius 1 is 1.12 bits per heavy atom. The van der Waals surface area contributed by atoms with Crippen LogP contribution in [0.4, 0.5) is 4.39 Å². The third-order valence-electron chi connectivity index (χ3n) is 3.37. The summed E-state index contributed by atoms with van der Waals surface area (Å²) < 4.78 is 24.4. The van der Waals surface area contributed by atoms with Crippen molar-refractivity contribution < 1.29 is 18.3 Å². The molecular weight excluding hydrogens is 368 g/mol. The highest BCUT2D eigenvalue weighted by Gasteiger charge is 2.15. The molecule has 0 saturated carbocycles. The molecule has 0 radical (unpaired) electrons. The summed E-state index contributed by atoms with van der Waals surface area (Å²) in [5.74, 6) is -0.204. The Kier molecular flexibility index (Phi) is 5.36. The molecule has 0 saturated heterocycles. The lowest BCUT2D eigenvalue weighted by atomic mass is 10.2.